The molecule has 1 amide bonds. The molecule has 8 nitrogen and oxygen atoms in total. The number of carbonyl (C=O) groups is 1. The first-order chi connectivity index (χ1) is 14.6. The van der Waals surface area contributed by atoms with Crippen molar-refractivity contribution in [2.45, 2.75) is 13.8 Å². The lowest BCUT2D eigenvalue weighted by Gasteiger charge is -2.39. The highest BCUT2D eigenvalue weighted by molar-refractivity contribution is 5.96. The van der Waals surface area contributed by atoms with E-state index in [0.717, 1.165) is 39.6 Å². The lowest BCUT2D eigenvalue weighted by Crippen LogP contribution is -2.52. The molecule has 1 fully saturated rings. The first kappa shape index (κ1) is 18.2. The smallest absolute Gasteiger partial charge is 0.231 e. The minimum Gasteiger partial charge on any atom is -0.355 e. The molecule has 4 heterocycles. The second-order valence-electron chi connectivity index (χ2n) is 7.58. The number of amides is 1. The summed E-state index contributed by atoms with van der Waals surface area (Å²) in [5.74, 6) is 1.46. The van der Waals surface area contributed by atoms with Gasteiger partial charge < -0.3 is 10.2 Å². The molecule has 0 radical (unpaired) electrons. The van der Waals surface area contributed by atoms with Gasteiger partial charge in [-0.05, 0) is 44.2 Å². The second-order valence-corrected chi connectivity index (χ2v) is 7.58. The van der Waals surface area contributed by atoms with Crippen LogP contribution in [0, 0.1) is 19.8 Å². The van der Waals surface area contributed by atoms with Gasteiger partial charge in [-0.3, -0.25) is 9.78 Å². The highest BCUT2D eigenvalue weighted by Crippen LogP contribution is 2.26. The van der Waals surface area contributed by atoms with Crippen LogP contribution in [0.1, 0.15) is 11.4 Å². The normalized spacial score (nSPS) is 14.0. The summed E-state index contributed by atoms with van der Waals surface area (Å²) in [5, 5.41) is 8.49. The van der Waals surface area contributed by atoms with E-state index in [0.29, 0.717) is 13.1 Å². The van der Waals surface area contributed by atoms with E-state index in [1.165, 1.54) is 6.33 Å². The van der Waals surface area contributed by atoms with Crippen LogP contribution >= 0.6 is 0 Å². The number of hydrogen-bond donors (Lipinski definition) is 1. The Morgan fingerprint density at radius 1 is 1.03 bits per heavy atom. The number of fused-ring (bicyclic) bond motifs is 1. The van der Waals surface area contributed by atoms with Gasteiger partial charge in [-0.15, -0.1) is 0 Å². The largest absolute Gasteiger partial charge is 0.355 e. The third-order valence-electron chi connectivity index (χ3n) is 5.31. The van der Waals surface area contributed by atoms with Crippen molar-refractivity contribution in [3.8, 4) is 5.82 Å². The summed E-state index contributed by atoms with van der Waals surface area (Å²) in [4.78, 5) is 27.7. The number of aromatic nitrogens is 5. The molecule has 3 aromatic heterocycles. The number of rotatable bonds is 4. The summed E-state index contributed by atoms with van der Waals surface area (Å²) in [5.41, 5.74) is 3.65. The minimum atomic E-state index is -0.0818. The molecule has 4 aromatic rings. The van der Waals surface area contributed by atoms with Crippen molar-refractivity contribution in [1.82, 2.24) is 24.7 Å². The average Bonchev–Trinajstić information content (AvgIpc) is 3.05. The van der Waals surface area contributed by atoms with Gasteiger partial charge in [0.1, 0.15) is 12.1 Å². The van der Waals surface area contributed by atoms with Crippen LogP contribution in [0.5, 0.6) is 0 Å². The van der Waals surface area contributed by atoms with Crippen molar-refractivity contribution in [2.75, 3.05) is 23.3 Å². The maximum atomic E-state index is 12.6. The summed E-state index contributed by atoms with van der Waals surface area (Å²) < 4.78 is 1.80. The number of aryl methyl sites for hydroxylation is 2. The Morgan fingerprint density at radius 3 is 2.67 bits per heavy atom. The fourth-order valence-electron chi connectivity index (χ4n) is 3.72. The van der Waals surface area contributed by atoms with Gasteiger partial charge in [0.15, 0.2) is 5.82 Å². The Morgan fingerprint density at radius 2 is 1.87 bits per heavy atom. The fourth-order valence-corrected chi connectivity index (χ4v) is 3.72. The van der Waals surface area contributed by atoms with Crippen LogP contribution in [0.25, 0.3) is 16.7 Å². The fraction of sp³-hybridized carbons (Fsp3) is 0.227. The van der Waals surface area contributed by atoms with E-state index in [1.807, 2.05) is 56.3 Å². The Hall–Kier alpha value is -3.81. The Balaban J connectivity index is 1.25. The van der Waals surface area contributed by atoms with Gasteiger partial charge in [0, 0.05) is 42.1 Å². The van der Waals surface area contributed by atoms with Crippen LogP contribution < -0.4 is 10.2 Å². The van der Waals surface area contributed by atoms with E-state index < -0.39 is 0 Å². The number of anilines is 2. The number of nitrogens with one attached hydrogen (secondary N) is 1. The Kier molecular flexibility index (Phi) is 4.39. The molecule has 1 aliphatic rings. The van der Waals surface area contributed by atoms with Gasteiger partial charge in [-0.25, -0.2) is 14.6 Å². The van der Waals surface area contributed by atoms with Crippen LogP contribution in [-0.4, -0.2) is 43.7 Å². The van der Waals surface area contributed by atoms with Crippen molar-refractivity contribution in [2.24, 2.45) is 5.92 Å². The lowest BCUT2D eigenvalue weighted by atomic mass is 9.99. The monoisotopic (exact) mass is 399 g/mol. The van der Waals surface area contributed by atoms with Gasteiger partial charge in [-0.1, -0.05) is 6.07 Å². The molecular formula is C22H21N7O. The van der Waals surface area contributed by atoms with Gasteiger partial charge in [0.25, 0.3) is 0 Å². The third-order valence-corrected chi connectivity index (χ3v) is 5.31. The minimum absolute atomic E-state index is 0.0160. The van der Waals surface area contributed by atoms with Crippen molar-refractivity contribution < 1.29 is 4.79 Å². The quantitative estimate of drug-likeness (QED) is 0.568. The van der Waals surface area contributed by atoms with E-state index in [9.17, 15) is 4.79 Å². The molecule has 1 N–H and O–H groups in total. The zero-order chi connectivity index (χ0) is 20.7. The average molecular weight is 399 g/mol. The zero-order valence-electron chi connectivity index (χ0n) is 16.8. The number of hydrogen-bond acceptors (Lipinski definition) is 6. The van der Waals surface area contributed by atoms with Gasteiger partial charge >= 0.3 is 0 Å². The Bertz CT molecular complexity index is 1240. The van der Waals surface area contributed by atoms with Crippen molar-refractivity contribution >= 4 is 28.3 Å². The van der Waals surface area contributed by atoms with E-state index in [1.54, 1.807) is 10.9 Å². The summed E-state index contributed by atoms with van der Waals surface area (Å²) in [6.45, 7) is 5.19. The van der Waals surface area contributed by atoms with E-state index in [2.05, 4.69) is 30.3 Å². The summed E-state index contributed by atoms with van der Waals surface area (Å²) in [6, 6.07) is 13.5. The summed E-state index contributed by atoms with van der Waals surface area (Å²) >= 11 is 0. The molecule has 1 aromatic carbocycles. The molecule has 0 aliphatic carbocycles. The molecule has 0 spiro atoms. The van der Waals surface area contributed by atoms with Gasteiger partial charge in [0.2, 0.25) is 5.91 Å². The highest BCUT2D eigenvalue weighted by atomic mass is 16.2. The molecule has 1 saturated heterocycles. The van der Waals surface area contributed by atoms with Crippen molar-refractivity contribution in [3.05, 3.63) is 66.4 Å². The van der Waals surface area contributed by atoms with Gasteiger partial charge in [-0.2, -0.15) is 5.10 Å². The molecule has 1 aliphatic heterocycles. The Labute approximate surface area is 173 Å². The van der Waals surface area contributed by atoms with Crippen LogP contribution in [0.15, 0.2) is 55.0 Å². The number of pyridine rings is 1. The van der Waals surface area contributed by atoms with Crippen LogP contribution in [0.4, 0.5) is 11.5 Å². The topological polar surface area (TPSA) is 88.8 Å². The van der Waals surface area contributed by atoms with Crippen molar-refractivity contribution in [3.63, 3.8) is 0 Å². The first-order valence-electron chi connectivity index (χ1n) is 9.83. The second kappa shape index (κ2) is 7.22. The highest BCUT2D eigenvalue weighted by Gasteiger charge is 2.33. The lowest BCUT2D eigenvalue weighted by molar-refractivity contribution is -0.120. The number of nitrogens with zero attached hydrogens (tertiary/aromatic N) is 6. The molecule has 0 unspecified atom stereocenters. The molecule has 150 valence electrons. The van der Waals surface area contributed by atoms with Crippen LogP contribution in [-0.2, 0) is 4.79 Å². The SMILES string of the molecule is Cc1cc(C)n(-c2cc(N3CC(C(=O)Nc4ccc5ncccc5c4)C3)ncn2)n1. The standard InChI is InChI=1S/C22H21N7O/c1-14-8-15(2)29(27-14)21-10-20(24-13-25-21)28-11-17(12-28)22(30)26-18-5-6-19-16(9-18)4-3-7-23-19/h3-10,13,17H,11-12H2,1-2H3,(H,26,30). The van der Waals surface area contributed by atoms with E-state index >= 15 is 0 Å². The third kappa shape index (κ3) is 3.36. The van der Waals surface area contributed by atoms with Crippen LogP contribution in [0.3, 0.4) is 0 Å². The molecule has 5 rings (SSSR count). The predicted octanol–water partition coefficient (Wildman–Crippen LogP) is 2.90. The maximum Gasteiger partial charge on any atom is 0.231 e. The summed E-state index contributed by atoms with van der Waals surface area (Å²) in [6.07, 6.45) is 3.30. The van der Waals surface area contributed by atoms with Crippen LogP contribution in [0.2, 0.25) is 0 Å². The number of carbonyl (C=O) groups excluding carboxylic acids is 1. The van der Waals surface area contributed by atoms with Gasteiger partial charge in [0.05, 0.1) is 17.1 Å². The maximum absolute atomic E-state index is 12.6. The predicted molar refractivity (Wildman–Crippen MR) is 115 cm³/mol. The van der Waals surface area contributed by atoms with Crippen molar-refractivity contribution in [1.29, 1.82) is 0 Å². The molecule has 0 bridgehead atoms. The zero-order valence-corrected chi connectivity index (χ0v) is 16.8. The van der Waals surface area contributed by atoms with E-state index in [4.69, 9.17) is 0 Å². The molecule has 30 heavy (non-hydrogen) atoms. The first-order valence-corrected chi connectivity index (χ1v) is 9.83. The van der Waals surface area contributed by atoms with E-state index in [-0.39, 0.29) is 11.8 Å². The summed E-state index contributed by atoms with van der Waals surface area (Å²) in [7, 11) is 0. The molecule has 8 heteroatoms. The molecule has 0 atom stereocenters. The molecule has 0 saturated carbocycles. The number of benzene rings is 1. The molecular weight excluding hydrogens is 378 g/mol.